The number of hydrogen-bond acceptors (Lipinski definition) is 4. The molecule has 184 valence electrons. The molecule has 9 heteroatoms. The fourth-order valence-electron chi connectivity index (χ4n) is 4.42. The Kier molecular flexibility index (Phi) is 5.86. The van der Waals surface area contributed by atoms with Gasteiger partial charge in [0.2, 0.25) is 0 Å². The molecule has 0 amide bonds. The predicted octanol–water partition coefficient (Wildman–Crippen LogP) is 6.16. The summed E-state index contributed by atoms with van der Waals surface area (Å²) < 4.78 is 42.4. The van der Waals surface area contributed by atoms with Gasteiger partial charge in [0.1, 0.15) is 5.69 Å². The number of pyridine rings is 1. The van der Waals surface area contributed by atoms with Gasteiger partial charge in [0.05, 0.1) is 17.2 Å². The van der Waals surface area contributed by atoms with E-state index in [2.05, 4.69) is 34.9 Å². The maximum atomic E-state index is 13.0. The van der Waals surface area contributed by atoms with E-state index in [-0.39, 0.29) is 5.82 Å². The Morgan fingerprint density at radius 3 is 2.33 bits per heavy atom. The molecule has 5 rings (SSSR count). The highest BCUT2D eigenvalue weighted by molar-refractivity contribution is 5.81. The van der Waals surface area contributed by atoms with Gasteiger partial charge in [0, 0.05) is 50.2 Å². The van der Waals surface area contributed by atoms with E-state index in [1.54, 1.807) is 12.3 Å². The summed E-state index contributed by atoms with van der Waals surface area (Å²) in [6, 6.07) is 11.7. The third-order valence-corrected chi connectivity index (χ3v) is 6.24. The van der Waals surface area contributed by atoms with Crippen molar-refractivity contribution in [2.75, 3.05) is 0 Å². The third kappa shape index (κ3) is 4.36. The number of rotatable bonds is 5. The van der Waals surface area contributed by atoms with Gasteiger partial charge >= 0.3 is 6.18 Å². The third-order valence-electron chi connectivity index (χ3n) is 6.24. The van der Waals surface area contributed by atoms with Crippen molar-refractivity contribution in [2.45, 2.75) is 32.4 Å². The second-order valence-electron chi connectivity index (χ2n) is 9.22. The molecule has 4 aromatic heterocycles. The number of benzene rings is 1. The maximum Gasteiger partial charge on any atom is 0.434 e. The fraction of sp³-hybridized carbons (Fsp3) is 0.259. The first-order chi connectivity index (χ1) is 17.1. The van der Waals surface area contributed by atoms with Crippen molar-refractivity contribution in [3.8, 4) is 22.9 Å². The van der Waals surface area contributed by atoms with Crippen LogP contribution in [0.2, 0.25) is 0 Å². The molecule has 0 atom stereocenters. The van der Waals surface area contributed by atoms with Crippen LogP contribution >= 0.6 is 0 Å². The van der Waals surface area contributed by atoms with Crippen molar-refractivity contribution in [3.63, 3.8) is 0 Å². The van der Waals surface area contributed by atoms with Gasteiger partial charge in [-0.05, 0) is 23.1 Å². The number of aromatic nitrogens is 6. The maximum absolute atomic E-state index is 13.0. The normalized spacial score (nSPS) is 12.1. The van der Waals surface area contributed by atoms with Crippen molar-refractivity contribution < 1.29 is 13.2 Å². The number of imidazole rings is 1. The highest BCUT2D eigenvalue weighted by Crippen LogP contribution is 2.31. The Balaban J connectivity index is 1.47. The van der Waals surface area contributed by atoms with E-state index in [0.29, 0.717) is 23.9 Å². The van der Waals surface area contributed by atoms with Crippen LogP contribution in [0.5, 0.6) is 0 Å². The van der Waals surface area contributed by atoms with Crippen molar-refractivity contribution in [1.82, 2.24) is 29.1 Å². The number of halogens is 3. The summed E-state index contributed by atoms with van der Waals surface area (Å²) in [5.41, 5.74) is 5.38. The molecule has 0 radical (unpaired) electrons. The number of aryl methyl sites for hydroxylation is 2. The van der Waals surface area contributed by atoms with Gasteiger partial charge in [-0.3, -0.25) is 4.98 Å². The van der Waals surface area contributed by atoms with Gasteiger partial charge in [-0.25, -0.2) is 15.0 Å². The number of nitrogens with zero attached hydrogens (tertiary/aromatic N) is 6. The average Bonchev–Trinajstić information content (AvgIpc) is 3.39. The van der Waals surface area contributed by atoms with E-state index < -0.39 is 11.9 Å². The number of fused-ring (bicyclic) bond motifs is 1. The monoisotopic (exact) mass is 490 g/mol. The molecule has 0 saturated heterocycles. The summed E-state index contributed by atoms with van der Waals surface area (Å²) >= 11 is 0. The van der Waals surface area contributed by atoms with Gasteiger partial charge in [0.25, 0.3) is 0 Å². The Morgan fingerprint density at radius 1 is 0.889 bits per heavy atom. The minimum Gasteiger partial charge on any atom is -0.348 e. The SMILES string of the molecule is CC(C)c1ccccc1-c1ncc2c(n1)c(Cc1ccc(-c3nc(C(F)(F)F)cn3C)nc1)cn2C. The van der Waals surface area contributed by atoms with E-state index in [4.69, 9.17) is 4.98 Å². The summed E-state index contributed by atoms with van der Waals surface area (Å²) in [6.45, 7) is 4.30. The molecule has 36 heavy (non-hydrogen) atoms. The Bertz CT molecular complexity index is 1540. The minimum atomic E-state index is -4.50. The molecule has 5 aromatic rings. The molecular formula is C27H25F3N6. The molecule has 0 unspecified atom stereocenters. The van der Waals surface area contributed by atoms with Crippen LogP contribution in [0, 0.1) is 0 Å². The van der Waals surface area contributed by atoms with Crippen LogP contribution in [-0.4, -0.2) is 29.1 Å². The van der Waals surface area contributed by atoms with E-state index >= 15 is 0 Å². The van der Waals surface area contributed by atoms with E-state index in [1.165, 1.54) is 17.2 Å². The summed E-state index contributed by atoms with van der Waals surface area (Å²) in [4.78, 5) is 17.7. The smallest absolute Gasteiger partial charge is 0.348 e. The van der Waals surface area contributed by atoms with Gasteiger partial charge in [-0.2, -0.15) is 13.2 Å². The lowest BCUT2D eigenvalue weighted by Gasteiger charge is -2.11. The lowest BCUT2D eigenvalue weighted by Crippen LogP contribution is -2.05. The molecular weight excluding hydrogens is 465 g/mol. The van der Waals surface area contributed by atoms with Crippen LogP contribution in [0.4, 0.5) is 13.2 Å². The molecule has 0 saturated carbocycles. The standard InChI is InChI=1S/C27H25F3N6/c1-16(2)19-7-5-6-8-20(19)25-32-13-22-24(34-25)18(14-35(22)3)11-17-9-10-21(31-12-17)26-33-23(15-36(26)4)27(28,29)30/h5-10,12-16H,11H2,1-4H3. The van der Waals surface area contributed by atoms with Crippen LogP contribution in [0.3, 0.4) is 0 Å². The topological polar surface area (TPSA) is 61.4 Å². The highest BCUT2D eigenvalue weighted by Gasteiger charge is 2.34. The summed E-state index contributed by atoms with van der Waals surface area (Å²) in [5, 5.41) is 0. The highest BCUT2D eigenvalue weighted by atomic mass is 19.4. The molecule has 6 nitrogen and oxygen atoms in total. The van der Waals surface area contributed by atoms with Gasteiger partial charge in [-0.1, -0.05) is 44.2 Å². The first-order valence-corrected chi connectivity index (χ1v) is 11.6. The molecule has 0 aliphatic heterocycles. The van der Waals surface area contributed by atoms with Crippen LogP contribution in [0.25, 0.3) is 33.9 Å². The molecule has 1 aromatic carbocycles. The Labute approximate surface area is 206 Å². The first kappa shape index (κ1) is 23.7. The molecule has 0 aliphatic carbocycles. The Morgan fingerprint density at radius 2 is 1.67 bits per heavy atom. The molecule has 0 bridgehead atoms. The van der Waals surface area contributed by atoms with Crippen molar-refractivity contribution >= 4 is 11.0 Å². The van der Waals surface area contributed by atoms with Crippen LogP contribution in [0.1, 0.15) is 42.1 Å². The quantitative estimate of drug-likeness (QED) is 0.296. The van der Waals surface area contributed by atoms with E-state index in [9.17, 15) is 13.2 Å². The zero-order valence-corrected chi connectivity index (χ0v) is 20.4. The van der Waals surface area contributed by atoms with Crippen LogP contribution in [0.15, 0.2) is 61.2 Å². The van der Waals surface area contributed by atoms with Gasteiger partial charge in [-0.15, -0.1) is 0 Å². The average molecular weight is 491 g/mol. The molecule has 0 spiro atoms. The van der Waals surface area contributed by atoms with Crippen molar-refractivity contribution in [2.24, 2.45) is 14.1 Å². The molecule has 4 heterocycles. The van der Waals surface area contributed by atoms with Crippen LogP contribution < -0.4 is 0 Å². The summed E-state index contributed by atoms with van der Waals surface area (Å²) in [7, 11) is 3.48. The second kappa shape index (κ2) is 8.89. The van der Waals surface area contributed by atoms with E-state index in [0.717, 1.165) is 33.9 Å². The molecule has 0 N–H and O–H groups in total. The zero-order chi connectivity index (χ0) is 25.6. The largest absolute Gasteiger partial charge is 0.434 e. The second-order valence-corrected chi connectivity index (χ2v) is 9.22. The summed E-state index contributed by atoms with van der Waals surface area (Å²) in [6.07, 6.45) is 2.59. The predicted molar refractivity (Wildman–Crippen MR) is 132 cm³/mol. The van der Waals surface area contributed by atoms with Crippen molar-refractivity contribution in [1.29, 1.82) is 0 Å². The lowest BCUT2D eigenvalue weighted by atomic mass is 9.97. The van der Waals surface area contributed by atoms with Crippen molar-refractivity contribution in [3.05, 3.63) is 83.6 Å². The molecule has 0 fully saturated rings. The number of hydrogen-bond donors (Lipinski definition) is 0. The van der Waals surface area contributed by atoms with Crippen LogP contribution in [-0.2, 0) is 26.7 Å². The van der Waals surface area contributed by atoms with Gasteiger partial charge < -0.3 is 9.13 Å². The first-order valence-electron chi connectivity index (χ1n) is 11.6. The fourth-order valence-corrected chi connectivity index (χ4v) is 4.42. The minimum absolute atomic E-state index is 0.167. The lowest BCUT2D eigenvalue weighted by molar-refractivity contribution is -0.140. The summed E-state index contributed by atoms with van der Waals surface area (Å²) in [5.74, 6) is 1.19. The van der Waals surface area contributed by atoms with Gasteiger partial charge in [0.15, 0.2) is 17.3 Å². The number of alkyl halides is 3. The zero-order valence-electron chi connectivity index (χ0n) is 20.4. The molecule has 0 aliphatic rings. The van der Waals surface area contributed by atoms with E-state index in [1.807, 2.05) is 48.3 Å². The Hall–Kier alpha value is -4.01.